The number of hydrogen-bond donors (Lipinski definition) is 1. The van der Waals surface area contributed by atoms with Gasteiger partial charge in [-0.2, -0.15) is 0 Å². The fourth-order valence-electron chi connectivity index (χ4n) is 1.58. The molecule has 1 saturated carbocycles. The van der Waals surface area contributed by atoms with E-state index in [1.807, 2.05) is 0 Å². The molecule has 1 rings (SSSR count). The van der Waals surface area contributed by atoms with Crippen molar-refractivity contribution < 1.29 is 0 Å². The zero-order valence-electron chi connectivity index (χ0n) is 6.43. The van der Waals surface area contributed by atoms with Crippen molar-refractivity contribution in [3.8, 4) is 0 Å². The Morgan fingerprint density at radius 1 is 1.22 bits per heavy atom. The predicted molar refractivity (Wildman–Crippen MR) is 40.2 cm³/mol. The third-order valence-corrected chi connectivity index (χ3v) is 2.52. The monoisotopic (exact) mass is 127 g/mol. The van der Waals surface area contributed by atoms with E-state index in [9.17, 15) is 0 Å². The first kappa shape index (κ1) is 7.07. The van der Waals surface area contributed by atoms with Gasteiger partial charge in [0.2, 0.25) is 0 Å². The van der Waals surface area contributed by atoms with Crippen LogP contribution < -0.4 is 5.73 Å². The molecule has 0 aliphatic heterocycles. The van der Waals surface area contributed by atoms with E-state index < -0.39 is 0 Å². The Morgan fingerprint density at radius 3 is 2.33 bits per heavy atom. The molecular weight excluding hydrogens is 110 g/mol. The highest BCUT2D eigenvalue weighted by Crippen LogP contribution is 2.26. The molecule has 0 unspecified atom stereocenters. The summed E-state index contributed by atoms with van der Waals surface area (Å²) in [6.07, 6.45) is 3.96. The van der Waals surface area contributed by atoms with Crippen molar-refractivity contribution in [1.82, 2.24) is 0 Å². The topological polar surface area (TPSA) is 26.0 Å². The van der Waals surface area contributed by atoms with Crippen LogP contribution in [0.5, 0.6) is 0 Å². The van der Waals surface area contributed by atoms with E-state index in [1.165, 1.54) is 19.3 Å². The highest BCUT2D eigenvalue weighted by atomic mass is 14.7. The van der Waals surface area contributed by atoms with Crippen molar-refractivity contribution in [2.45, 2.75) is 39.2 Å². The Bertz CT molecular complexity index is 90.6. The first-order chi connectivity index (χ1) is 4.20. The summed E-state index contributed by atoms with van der Waals surface area (Å²) in [5.74, 6) is 1.64. The van der Waals surface area contributed by atoms with Gasteiger partial charge in [0.05, 0.1) is 0 Å². The minimum atomic E-state index is 0.480. The molecule has 1 fully saturated rings. The number of nitrogens with two attached hydrogens (primary N) is 1. The van der Waals surface area contributed by atoms with Crippen LogP contribution in [0.4, 0.5) is 0 Å². The van der Waals surface area contributed by atoms with Crippen LogP contribution in [-0.2, 0) is 0 Å². The molecule has 9 heavy (non-hydrogen) atoms. The molecule has 0 aromatic rings. The maximum Gasteiger partial charge on any atom is 0.00670 e. The second-order valence-corrected chi connectivity index (χ2v) is 3.56. The van der Waals surface area contributed by atoms with Gasteiger partial charge in [-0.3, -0.25) is 0 Å². The molecule has 0 saturated heterocycles. The molecule has 0 bridgehead atoms. The van der Waals surface area contributed by atoms with Gasteiger partial charge >= 0.3 is 0 Å². The molecule has 0 aromatic carbocycles. The fourth-order valence-corrected chi connectivity index (χ4v) is 1.58. The van der Waals surface area contributed by atoms with E-state index in [4.69, 9.17) is 5.73 Å². The van der Waals surface area contributed by atoms with Gasteiger partial charge in [-0.05, 0) is 24.7 Å². The molecule has 0 amide bonds. The van der Waals surface area contributed by atoms with Gasteiger partial charge in [-0.1, -0.05) is 20.3 Å². The van der Waals surface area contributed by atoms with Crippen LogP contribution in [0.15, 0.2) is 0 Å². The Hall–Kier alpha value is -0.0400. The van der Waals surface area contributed by atoms with Crippen molar-refractivity contribution in [3.63, 3.8) is 0 Å². The first-order valence-corrected chi connectivity index (χ1v) is 3.95. The van der Waals surface area contributed by atoms with Gasteiger partial charge in [-0.25, -0.2) is 0 Å². The Labute approximate surface area is 57.6 Å². The van der Waals surface area contributed by atoms with Gasteiger partial charge in [-0.15, -0.1) is 0 Å². The van der Waals surface area contributed by atoms with Gasteiger partial charge < -0.3 is 5.73 Å². The van der Waals surface area contributed by atoms with E-state index in [-0.39, 0.29) is 0 Å². The van der Waals surface area contributed by atoms with Gasteiger partial charge in [0.25, 0.3) is 0 Å². The fraction of sp³-hybridized carbons (Fsp3) is 1.00. The quantitative estimate of drug-likeness (QED) is 0.527. The van der Waals surface area contributed by atoms with Crippen molar-refractivity contribution in [1.29, 1.82) is 0 Å². The van der Waals surface area contributed by atoms with E-state index in [2.05, 4.69) is 13.8 Å². The van der Waals surface area contributed by atoms with E-state index in [1.54, 1.807) is 0 Å². The summed E-state index contributed by atoms with van der Waals surface area (Å²) in [4.78, 5) is 0. The molecule has 0 radical (unpaired) electrons. The molecule has 1 heteroatoms. The maximum atomic E-state index is 5.87. The van der Waals surface area contributed by atoms with Crippen molar-refractivity contribution in [2.75, 3.05) is 0 Å². The van der Waals surface area contributed by atoms with Crippen LogP contribution in [0, 0.1) is 11.8 Å². The summed E-state index contributed by atoms with van der Waals surface area (Å²) in [7, 11) is 0. The largest absolute Gasteiger partial charge is 0.327 e. The second-order valence-electron chi connectivity index (χ2n) is 3.56. The molecule has 3 atom stereocenters. The summed E-state index contributed by atoms with van der Waals surface area (Å²) in [6.45, 7) is 4.56. The summed E-state index contributed by atoms with van der Waals surface area (Å²) in [5, 5.41) is 0. The summed E-state index contributed by atoms with van der Waals surface area (Å²) in [6, 6.07) is 0.480. The van der Waals surface area contributed by atoms with Gasteiger partial charge in [0.1, 0.15) is 0 Å². The molecule has 1 nitrogen and oxygen atoms in total. The molecule has 0 spiro atoms. The Balaban J connectivity index is 2.35. The predicted octanol–water partition coefficient (Wildman–Crippen LogP) is 1.77. The molecule has 2 N–H and O–H groups in total. The average molecular weight is 127 g/mol. The molecule has 0 heterocycles. The Morgan fingerprint density at radius 2 is 1.89 bits per heavy atom. The van der Waals surface area contributed by atoms with Crippen molar-refractivity contribution in [2.24, 2.45) is 17.6 Å². The minimum Gasteiger partial charge on any atom is -0.327 e. The zero-order chi connectivity index (χ0) is 6.85. The van der Waals surface area contributed by atoms with Crippen LogP contribution in [0.3, 0.4) is 0 Å². The molecule has 54 valence electrons. The standard InChI is InChI=1S/C8H17N/c1-6-3-4-7(2)8(9)5-6/h6-8H,3-5,9H2,1-2H3/t6-,7+,8+/m1/s1. The molecular formula is C8H17N. The van der Waals surface area contributed by atoms with Crippen molar-refractivity contribution in [3.05, 3.63) is 0 Å². The lowest BCUT2D eigenvalue weighted by atomic mass is 9.81. The number of hydrogen-bond acceptors (Lipinski definition) is 1. The first-order valence-electron chi connectivity index (χ1n) is 3.95. The second kappa shape index (κ2) is 2.70. The normalized spacial score (nSPS) is 45.0. The molecule has 1 aliphatic carbocycles. The molecule has 0 aromatic heterocycles. The highest BCUT2D eigenvalue weighted by Gasteiger charge is 2.21. The van der Waals surface area contributed by atoms with Crippen LogP contribution in [0.1, 0.15) is 33.1 Å². The summed E-state index contributed by atoms with van der Waals surface area (Å²) < 4.78 is 0. The highest BCUT2D eigenvalue weighted by molar-refractivity contribution is 4.77. The third kappa shape index (κ3) is 1.68. The lowest BCUT2D eigenvalue weighted by molar-refractivity contribution is 0.266. The van der Waals surface area contributed by atoms with E-state index in [0.29, 0.717) is 6.04 Å². The summed E-state index contributed by atoms with van der Waals surface area (Å²) in [5.41, 5.74) is 5.87. The average Bonchev–Trinajstić information content (AvgIpc) is 1.80. The lowest BCUT2D eigenvalue weighted by Crippen LogP contribution is -2.34. The molecule has 1 aliphatic rings. The van der Waals surface area contributed by atoms with E-state index in [0.717, 1.165) is 11.8 Å². The van der Waals surface area contributed by atoms with Crippen LogP contribution >= 0.6 is 0 Å². The Kier molecular flexibility index (Phi) is 2.12. The number of rotatable bonds is 0. The lowest BCUT2D eigenvalue weighted by Gasteiger charge is -2.29. The van der Waals surface area contributed by atoms with Gasteiger partial charge in [0.15, 0.2) is 0 Å². The van der Waals surface area contributed by atoms with Crippen LogP contribution in [-0.4, -0.2) is 6.04 Å². The minimum absolute atomic E-state index is 0.480. The zero-order valence-corrected chi connectivity index (χ0v) is 6.43. The van der Waals surface area contributed by atoms with Crippen LogP contribution in [0.25, 0.3) is 0 Å². The van der Waals surface area contributed by atoms with Crippen LogP contribution in [0.2, 0.25) is 0 Å². The van der Waals surface area contributed by atoms with Crippen molar-refractivity contribution >= 4 is 0 Å². The van der Waals surface area contributed by atoms with E-state index >= 15 is 0 Å². The smallest absolute Gasteiger partial charge is 0.00670 e. The summed E-state index contributed by atoms with van der Waals surface area (Å²) >= 11 is 0. The SMILES string of the molecule is C[C@@H]1CC[C@H](C)[C@@H](N)C1. The third-order valence-electron chi connectivity index (χ3n) is 2.52. The van der Waals surface area contributed by atoms with Gasteiger partial charge in [0, 0.05) is 6.04 Å². The maximum absolute atomic E-state index is 5.87.